The van der Waals surface area contributed by atoms with E-state index in [0.29, 0.717) is 16.3 Å². The Morgan fingerprint density at radius 1 is 1.24 bits per heavy atom. The Morgan fingerprint density at radius 3 is 2.80 bits per heavy atom. The molecule has 2 N–H and O–H groups in total. The first-order valence-electron chi connectivity index (χ1n) is 8.28. The van der Waals surface area contributed by atoms with Crippen LogP contribution in [-0.2, 0) is 4.74 Å². The molecule has 1 aromatic carbocycles. The monoisotopic (exact) mass is 360 g/mol. The van der Waals surface area contributed by atoms with Gasteiger partial charge in [0.25, 0.3) is 5.91 Å². The molecule has 3 rings (SSSR count). The number of carbonyl (C=O) groups is 1. The molecule has 1 aromatic heterocycles. The predicted molar refractivity (Wildman–Crippen MR) is 99.4 cm³/mol. The van der Waals surface area contributed by atoms with Gasteiger partial charge in [-0.25, -0.2) is 4.98 Å². The Balaban J connectivity index is 1.48. The number of hydrogen-bond acceptors (Lipinski definition) is 5. The number of hydrogen-bond donors (Lipinski definition) is 2. The molecule has 1 fully saturated rings. The number of aromatic nitrogens is 1. The van der Waals surface area contributed by atoms with Crippen LogP contribution in [0.5, 0.6) is 0 Å². The maximum absolute atomic E-state index is 12.2. The number of pyridine rings is 1. The Bertz CT molecular complexity index is 702. The van der Waals surface area contributed by atoms with Crippen molar-refractivity contribution in [3.8, 4) is 0 Å². The highest BCUT2D eigenvalue weighted by atomic mass is 35.5. The fourth-order valence-electron chi connectivity index (χ4n) is 2.57. The minimum Gasteiger partial charge on any atom is -0.379 e. The number of morpholine rings is 1. The van der Waals surface area contributed by atoms with Crippen molar-refractivity contribution < 1.29 is 9.53 Å². The molecule has 0 aliphatic carbocycles. The van der Waals surface area contributed by atoms with E-state index < -0.39 is 0 Å². The zero-order chi connectivity index (χ0) is 17.5. The molecule has 1 aliphatic heterocycles. The number of rotatable bonds is 6. The SMILES string of the molecule is O=C(Nc1cccc(Cl)c1)c1ccc(NCCN2CCOCC2)nc1. The van der Waals surface area contributed by atoms with Crippen molar-refractivity contribution in [2.75, 3.05) is 50.0 Å². The maximum Gasteiger partial charge on any atom is 0.257 e. The summed E-state index contributed by atoms with van der Waals surface area (Å²) in [5.41, 5.74) is 1.16. The first-order chi connectivity index (χ1) is 12.2. The third-order valence-corrected chi connectivity index (χ3v) is 4.18. The molecule has 2 aromatic rings. The Morgan fingerprint density at radius 2 is 2.08 bits per heavy atom. The second-order valence-corrected chi connectivity index (χ2v) is 6.21. The molecule has 0 radical (unpaired) electrons. The van der Waals surface area contributed by atoms with Crippen molar-refractivity contribution in [1.29, 1.82) is 0 Å². The van der Waals surface area contributed by atoms with Gasteiger partial charge < -0.3 is 15.4 Å². The molecule has 1 aliphatic rings. The van der Waals surface area contributed by atoms with E-state index >= 15 is 0 Å². The van der Waals surface area contributed by atoms with Gasteiger partial charge in [-0.2, -0.15) is 0 Å². The van der Waals surface area contributed by atoms with E-state index in [-0.39, 0.29) is 5.91 Å². The van der Waals surface area contributed by atoms with Gasteiger partial charge in [-0.05, 0) is 30.3 Å². The Hall–Kier alpha value is -2.15. The summed E-state index contributed by atoms with van der Waals surface area (Å²) in [7, 11) is 0. The third-order valence-electron chi connectivity index (χ3n) is 3.95. The summed E-state index contributed by atoms with van der Waals surface area (Å²) in [6.07, 6.45) is 1.57. The molecule has 0 bridgehead atoms. The number of amides is 1. The van der Waals surface area contributed by atoms with Crippen LogP contribution in [0.2, 0.25) is 5.02 Å². The minimum absolute atomic E-state index is 0.213. The first-order valence-corrected chi connectivity index (χ1v) is 8.65. The summed E-state index contributed by atoms with van der Waals surface area (Å²) in [6.45, 7) is 5.29. The largest absolute Gasteiger partial charge is 0.379 e. The summed E-state index contributed by atoms with van der Waals surface area (Å²) in [5, 5.41) is 6.65. The van der Waals surface area contributed by atoms with Gasteiger partial charge in [0.15, 0.2) is 0 Å². The van der Waals surface area contributed by atoms with Crippen molar-refractivity contribution in [1.82, 2.24) is 9.88 Å². The van der Waals surface area contributed by atoms with E-state index in [0.717, 1.165) is 45.2 Å². The predicted octanol–water partition coefficient (Wildman–Crippen LogP) is 2.73. The topological polar surface area (TPSA) is 66.5 Å². The van der Waals surface area contributed by atoms with Crippen molar-refractivity contribution in [2.24, 2.45) is 0 Å². The fourth-order valence-corrected chi connectivity index (χ4v) is 2.76. The molecule has 6 nitrogen and oxygen atoms in total. The lowest BCUT2D eigenvalue weighted by atomic mass is 10.2. The molecule has 0 spiro atoms. The van der Waals surface area contributed by atoms with Gasteiger partial charge in [-0.1, -0.05) is 17.7 Å². The van der Waals surface area contributed by atoms with E-state index in [1.807, 2.05) is 6.07 Å². The van der Waals surface area contributed by atoms with Gasteiger partial charge in [0.2, 0.25) is 0 Å². The summed E-state index contributed by atoms with van der Waals surface area (Å²) in [6, 6.07) is 10.6. The summed E-state index contributed by atoms with van der Waals surface area (Å²) < 4.78 is 5.33. The van der Waals surface area contributed by atoms with Gasteiger partial charge in [0.1, 0.15) is 5.82 Å². The van der Waals surface area contributed by atoms with Crippen molar-refractivity contribution in [3.05, 3.63) is 53.2 Å². The minimum atomic E-state index is -0.213. The van der Waals surface area contributed by atoms with Gasteiger partial charge in [-0.3, -0.25) is 9.69 Å². The fraction of sp³-hybridized carbons (Fsp3) is 0.333. The molecule has 0 unspecified atom stereocenters. The van der Waals surface area contributed by atoms with Crippen molar-refractivity contribution >= 4 is 29.0 Å². The average molecular weight is 361 g/mol. The van der Waals surface area contributed by atoms with Crippen molar-refractivity contribution in [2.45, 2.75) is 0 Å². The lowest BCUT2D eigenvalue weighted by Gasteiger charge is -2.26. The van der Waals surface area contributed by atoms with Crippen LogP contribution in [-0.4, -0.2) is 55.2 Å². The number of nitrogens with zero attached hydrogens (tertiary/aromatic N) is 2. The highest BCUT2D eigenvalue weighted by Crippen LogP contribution is 2.16. The van der Waals surface area contributed by atoms with Crippen LogP contribution < -0.4 is 10.6 Å². The highest BCUT2D eigenvalue weighted by Gasteiger charge is 2.10. The molecule has 0 saturated carbocycles. The summed E-state index contributed by atoms with van der Waals surface area (Å²) >= 11 is 5.92. The van der Waals surface area contributed by atoms with Gasteiger partial charge in [-0.15, -0.1) is 0 Å². The van der Waals surface area contributed by atoms with Crippen LogP contribution in [0.15, 0.2) is 42.6 Å². The number of carbonyl (C=O) groups excluding carboxylic acids is 1. The van der Waals surface area contributed by atoms with Crippen LogP contribution in [0, 0.1) is 0 Å². The molecule has 7 heteroatoms. The Labute approximate surface area is 152 Å². The zero-order valence-corrected chi connectivity index (χ0v) is 14.6. The van der Waals surface area contributed by atoms with E-state index in [2.05, 4.69) is 20.5 Å². The van der Waals surface area contributed by atoms with E-state index in [1.165, 1.54) is 0 Å². The number of halogens is 1. The number of anilines is 2. The van der Waals surface area contributed by atoms with Crippen molar-refractivity contribution in [3.63, 3.8) is 0 Å². The number of benzene rings is 1. The molecule has 0 atom stereocenters. The number of nitrogens with one attached hydrogen (secondary N) is 2. The quantitative estimate of drug-likeness (QED) is 0.829. The highest BCUT2D eigenvalue weighted by molar-refractivity contribution is 6.30. The smallest absolute Gasteiger partial charge is 0.257 e. The van der Waals surface area contributed by atoms with Gasteiger partial charge in [0.05, 0.1) is 18.8 Å². The molecule has 2 heterocycles. The molecule has 132 valence electrons. The summed E-state index contributed by atoms with van der Waals surface area (Å²) in [5.74, 6) is 0.544. The van der Waals surface area contributed by atoms with E-state index in [1.54, 1.807) is 36.5 Å². The van der Waals surface area contributed by atoms with Crippen LogP contribution in [0.25, 0.3) is 0 Å². The third kappa shape index (κ3) is 5.42. The Kier molecular flexibility index (Phi) is 6.22. The average Bonchev–Trinajstić information content (AvgIpc) is 2.63. The molecule has 25 heavy (non-hydrogen) atoms. The van der Waals surface area contributed by atoms with Crippen LogP contribution in [0.4, 0.5) is 11.5 Å². The lowest BCUT2D eigenvalue weighted by Crippen LogP contribution is -2.39. The molecular formula is C18H21ClN4O2. The zero-order valence-electron chi connectivity index (χ0n) is 13.9. The standard InChI is InChI=1S/C18H21ClN4O2/c19-15-2-1-3-16(12-15)22-18(24)14-4-5-17(21-13-14)20-6-7-23-8-10-25-11-9-23/h1-5,12-13H,6-11H2,(H,20,21)(H,22,24). The normalized spacial score (nSPS) is 14.9. The van der Waals surface area contributed by atoms with Crippen LogP contribution in [0.3, 0.4) is 0 Å². The summed E-state index contributed by atoms with van der Waals surface area (Å²) in [4.78, 5) is 18.9. The molecule has 1 amide bonds. The van der Waals surface area contributed by atoms with E-state index in [4.69, 9.17) is 16.3 Å². The molecular weight excluding hydrogens is 340 g/mol. The van der Waals surface area contributed by atoms with Gasteiger partial charge in [0, 0.05) is 43.1 Å². The van der Waals surface area contributed by atoms with E-state index in [9.17, 15) is 4.79 Å². The first kappa shape index (κ1) is 17.7. The van der Waals surface area contributed by atoms with Crippen LogP contribution >= 0.6 is 11.6 Å². The van der Waals surface area contributed by atoms with Gasteiger partial charge >= 0.3 is 0 Å². The second kappa shape index (κ2) is 8.80. The molecule has 1 saturated heterocycles. The lowest BCUT2D eigenvalue weighted by molar-refractivity contribution is 0.0398. The van der Waals surface area contributed by atoms with Crippen LogP contribution in [0.1, 0.15) is 10.4 Å². The number of ether oxygens (including phenoxy) is 1. The second-order valence-electron chi connectivity index (χ2n) is 5.78. The maximum atomic E-state index is 12.2.